The molecule has 4 nitrogen and oxygen atoms in total. The molecule has 1 saturated carbocycles. The topological polar surface area (TPSA) is 28.6 Å². The van der Waals surface area contributed by atoms with Crippen molar-refractivity contribution in [3.05, 3.63) is 71.4 Å². The second-order valence-corrected chi connectivity index (χ2v) is 9.78. The molecule has 0 spiro atoms. The highest BCUT2D eigenvalue weighted by atomic mass is 16.5. The van der Waals surface area contributed by atoms with Crippen LogP contribution in [-0.2, 0) is 13.1 Å². The molecule has 3 aromatic rings. The number of methoxy groups -OCH3 is 1. The average molecular weight is 430 g/mol. The van der Waals surface area contributed by atoms with E-state index in [4.69, 9.17) is 4.74 Å². The first-order valence-electron chi connectivity index (χ1n) is 12.1. The lowest BCUT2D eigenvalue weighted by Crippen LogP contribution is -2.33. The summed E-state index contributed by atoms with van der Waals surface area (Å²) < 4.78 is 5.49. The quantitative estimate of drug-likeness (QED) is 0.475. The van der Waals surface area contributed by atoms with E-state index in [9.17, 15) is 0 Å². The van der Waals surface area contributed by atoms with Crippen LogP contribution in [0.25, 0.3) is 10.9 Å². The molecule has 1 aliphatic carbocycles. The van der Waals surface area contributed by atoms with Gasteiger partial charge in [-0.15, -0.1) is 0 Å². The van der Waals surface area contributed by atoms with Crippen LogP contribution in [0.2, 0.25) is 0 Å². The maximum absolute atomic E-state index is 5.49. The van der Waals surface area contributed by atoms with Crippen LogP contribution >= 0.6 is 0 Å². The SMILES string of the molecule is COc1ccc(CN(C)CC2CC(c3ccc(CN4CCCC4)cc3)C2)c2cccnc12. The molecule has 2 heterocycles. The van der Waals surface area contributed by atoms with Crippen molar-refractivity contribution in [1.29, 1.82) is 0 Å². The van der Waals surface area contributed by atoms with Crippen molar-refractivity contribution in [2.75, 3.05) is 33.8 Å². The minimum absolute atomic E-state index is 0.736. The summed E-state index contributed by atoms with van der Waals surface area (Å²) in [5.74, 6) is 2.37. The van der Waals surface area contributed by atoms with Crippen molar-refractivity contribution in [3.63, 3.8) is 0 Å². The van der Waals surface area contributed by atoms with Gasteiger partial charge in [-0.25, -0.2) is 0 Å². The van der Waals surface area contributed by atoms with Crippen LogP contribution in [0.3, 0.4) is 0 Å². The van der Waals surface area contributed by atoms with Crippen LogP contribution in [0, 0.1) is 5.92 Å². The monoisotopic (exact) mass is 429 g/mol. The molecule has 2 aliphatic rings. The van der Waals surface area contributed by atoms with Gasteiger partial charge in [-0.1, -0.05) is 36.4 Å². The summed E-state index contributed by atoms with van der Waals surface area (Å²) in [6, 6.07) is 17.9. The zero-order valence-electron chi connectivity index (χ0n) is 19.5. The molecule has 2 fully saturated rings. The van der Waals surface area contributed by atoms with Gasteiger partial charge in [0.1, 0.15) is 11.3 Å². The molecule has 4 heteroatoms. The average Bonchev–Trinajstić information content (AvgIpc) is 3.30. The summed E-state index contributed by atoms with van der Waals surface area (Å²) in [7, 11) is 3.95. The Labute approximate surface area is 192 Å². The lowest BCUT2D eigenvalue weighted by Gasteiger charge is -2.38. The molecule has 0 bridgehead atoms. The molecule has 0 amide bonds. The van der Waals surface area contributed by atoms with E-state index >= 15 is 0 Å². The van der Waals surface area contributed by atoms with E-state index in [0.29, 0.717) is 0 Å². The predicted molar refractivity (Wildman–Crippen MR) is 131 cm³/mol. The number of ether oxygens (including phenoxy) is 1. The second-order valence-electron chi connectivity index (χ2n) is 9.78. The smallest absolute Gasteiger partial charge is 0.145 e. The summed E-state index contributed by atoms with van der Waals surface area (Å²) in [4.78, 5) is 9.58. The first kappa shape index (κ1) is 21.4. The Morgan fingerprint density at radius 2 is 1.81 bits per heavy atom. The number of benzene rings is 2. The number of nitrogens with zero attached hydrogens (tertiary/aromatic N) is 3. The van der Waals surface area contributed by atoms with Crippen molar-refractivity contribution < 1.29 is 4.74 Å². The largest absolute Gasteiger partial charge is 0.494 e. The number of pyridine rings is 1. The van der Waals surface area contributed by atoms with Gasteiger partial charge in [-0.05, 0) is 86.5 Å². The van der Waals surface area contributed by atoms with Gasteiger partial charge in [0.15, 0.2) is 0 Å². The Kier molecular flexibility index (Phi) is 6.42. The maximum atomic E-state index is 5.49. The third-order valence-corrected chi connectivity index (χ3v) is 7.34. The van der Waals surface area contributed by atoms with Gasteiger partial charge in [-0.3, -0.25) is 9.88 Å². The van der Waals surface area contributed by atoms with Gasteiger partial charge in [0.05, 0.1) is 7.11 Å². The van der Waals surface area contributed by atoms with Gasteiger partial charge < -0.3 is 9.64 Å². The Balaban J connectivity index is 1.13. The molecule has 5 rings (SSSR count). The summed E-state index contributed by atoms with van der Waals surface area (Å²) >= 11 is 0. The molecule has 168 valence electrons. The molecule has 0 atom stereocenters. The number of hydrogen-bond acceptors (Lipinski definition) is 4. The molecule has 0 unspecified atom stereocenters. The minimum atomic E-state index is 0.736. The first-order chi connectivity index (χ1) is 15.7. The summed E-state index contributed by atoms with van der Waals surface area (Å²) in [5.41, 5.74) is 5.27. The molecule has 32 heavy (non-hydrogen) atoms. The summed E-state index contributed by atoms with van der Waals surface area (Å²) in [5, 5.41) is 1.19. The number of rotatable bonds is 8. The van der Waals surface area contributed by atoms with E-state index in [0.717, 1.165) is 42.7 Å². The van der Waals surface area contributed by atoms with Crippen molar-refractivity contribution >= 4 is 10.9 Å². The lowest BCUT2D eigenvalue weighted by atomic mass is 9.71. The highest BCUT2D eigenvalue weighted by molar-refractivity contribution is 5.87. The van der Waals surface area contributed by atoms with Gasteiger partial charge in [-0.2, -0.15) is 0 Å². The molecule has 1 aromatic heterocycles. The van der Waals surface area contributed by atoms with E-state index in [1.165, 1.54) is 60.8 Å². The van der Waals surface area contributed by atoms with Crippen molar-refractivity contribution in [3.8, 4) is 5.75 Å². The molecular formula is C28H35N3O. The van der Waals surface area contributed by atoms with Crippen LogP contribution in [-0.4, -0.2) is 48.6 Å². The van der Waals surface area contributed by atoms with Crippen LogP contribution in [0.4, 0.5) is 0 Å². The Morgan fingerprint density at radius 1 is 1.03 bits per heavy atom. The molecule has 0 radical (unpaired) electrons. The summed E-state index contributed by atoms with van der Waals surface area (Å²) in [6.45, 7) is 5.74. The first-order valence-corrected chi connectivity index (χ1v) is 12.1. The fourth-order valence-electron chi connectivity index (χ4n) is 5.56. The minimum Gasteiger partial charge on any atom is -0.494 e. The third kappa shape index (κ3) is 4.67. The number of hydrogen-bond donors (Lipinski definition) is 0. The van der Waals surface area contributed by atoms with E-state index in [2.05, 4.69) is 58.2 Å². The zero-order chi connectivity index (χ0) is 21.9. The molecular weight excluding hydrogens is 394 g/mol. The van der Waals surface area contributed by atoms with E-state index in [1.807, 2.05) is 18.3 Å². The number of fused-ring (bicyclic) bond motifs is 1. The van der Waals surface area contributed by atoms with Gasteiger partial charge in [0, 0.05) is 31.2 Å². The number of aromatic nitrogens is 1. The normalized spacial score (nSPS) is 21.2. The van der Waals surface area contributed by atoms with Crippen LogP contribution in [0.1, 0.15) is 48.3 Å². The van der Waals surface area contributed by atoms with Crippen molar-refractivity contribution in [2.45, 2.75) is 44.7 Å². The standard InChI is InChI=1S/C28H35N3O/c1-30(20-24-11-12-27(32-2)28-26(24)6-5-13-29-28)18-22-16-25(17-22)23-9-7-21(8-10-23)19-31-14-3-4-15-31/h5-13,22,25H,3-4,14-20H2,1-2H3. The number of likely N-dealkylation sites (tertiary alicyclic amines) is 1. The van der Waals surface area contributed by atoms with Crippen LogP contribution in [0.5, 0.6) is 5.75 Å². The van der Waals surface area contributed by atoms with E-state index in [1.54, 1.807) is 7.11 Å². The van der Waals surface area contributed by atoms with Gasteiger partial charge >= 0.3 is 0 Å². The molecule has 2 aromatic carbocycles. The Bertz CT molecular complexity index is 1040. The van der Waals surface area contributed by atoms with E-state index < -0.39 is 0 Å². The second kappa shape index (κ2) is 9.60. The molecule has 1 saturated heterocycles. The fraction of sp³-hybridized carbons (Fsp3) is 0.464. The maximum Gasteiger partial charge on any atom is 0.145 e. The lowest BCUT2D eigenvalue weighted by molar-refractivity contribution is 0.177. The summed E-state index contributed by atoms with van der Waals surface area (Å²) in [6.07, 6.45) is 7.18. The Morgan fingerprint density at radius 3 is 2.56 bits per heavy atom. The highest BCUT2D eigenvalue weighted by Crippen LogP contribution is 2.42. The molecule has 1 aliphatic heterocycles. The third-order valence-electron chi connectivity index (χ3n) is 7.34. The molecule has 0 N–H and O–H groups in total. The van der Waals surface area contributed by atoms with E-state index in [-0.39, 0.29) is 0 Å². The zero-order valence-corrected chi connectivity index (χ0v) is 19.5. The van der Waals surface area contributed by atoms with Crippen molar-refractivity contribution in [2.24, 2.45) is 5.92 Å². The fourth-order valence-corrected chi connectivity index (χ4v) is 5.56. The van der Waals surface area contributed by atoms with Crippen LogP contribution < -0.4 is 4.74 Å². The van der Waals surface area contributed by atoms with Gasteiger partial charge in [0.25, 0.3) is 0 Å². The van der Waals surface area contributed by atoms with Crippen molar-refractivity contribution in [1.82, 2.24) is 14.8 Å². The highest BCUT2D eigenvalue weighted by Gasteiger charge is 2.31. The van der Waals surface area contributed by atoms with Gasteiger partial charge in [0.2, 0.25) is 0 Å². The van der Waals surface area contributed by atoms with Crippen LogP contribution in [0.15, 0.2) is 54.7 Å². The predicted octanol–water partition coefficient (Wildman–Crippen LogP) is 5.46. The Hall–Kier alpha value is -2.43.